The summed E-state index contributed by atoms with van der Waals surface area (Å²) >= 11 is 1.79. The molecule has 1 saturated heterocycles. The third-order valence-corrected chi connectivity index (χ3v) is 5.06. The van der Waals surface area contributed by atoms with Crippen LogP contribution in [0.25, 0.3) is 0 Å². The summed E-state index contributed by atoms with van der Waals surface area (Å²) in [6, 6.07) is 6.58. The van der Waals surface area contributed by atoms with Gasteiger partial charge in [-0.1, -0.05) is 12.1 Å². The fourth-order valence-electron chi connectivity index (χ4n) is 2.82. The van der Waals surface area contributed by atoms with E-state index in [0.717, 1.165) is 58.3 Å². The van der Waals surface area contributed by atoms with Crippen LogP contribution in [-0.4, -0.2) is 63.1 Å². The monoisotopic (exact) mass is 364 g/mol. The summed E-state index contributed by atoms with van der Waals surface area (Å²) in [5.74, 6) is 0.900. The van der Waals surface area contributed by atoms with Crippen LogP contribution < -0.4 is 10.6 Å². The second-order valence-electron chi connectivity index (χ2n) is 6.24. The van der Waals surface area contributed by atoms with E-state index in [0.29, 0.717) is 6.54 Å². The average Bonchev–Trinajstić information content (AvgIpc) is 2.64. The van der Waals surface area contributed by atoms with Gasteiger partial charge in [0.15, 0.2) is 5.96 Å². The molecule has 0 aliphatic carbocycles. The molecule has 0 aromatic heterocycles. The molecule has 0 atom stereocenters. The normalized spacial score (nSPS) is 16.0. The molecule has 5 nitrogen and oxygen atoms in total. The molecule has 0 bridgehead atoms. The van der Waals surface area contributed by atoms with Crippen LogP contribution in [0.1, 0.15) is 24.5 Å². The molecular formula is C19H32N4OS. The first-order valence-electron chi connectivity index (χ1n) is 9.18. The van der Waals surface area contributed by atoms with Gasteiger partial charge in [-0.15, -0.1) is 11.8 Å². The second kappa shape index (κ2) is 11.4. The van der Waals surface area contributed by atoms with Gasteiger partial charge in [0.05, 0.1) is 19.8 Å². The van der Waals surface area contributed by atoms with E-state index in [-0.39, 0.29) is 0 Å². The number of aryl methyl sites for hydroxylation is 1. The third-order valence-electron chi connectivity index (χ3n) is 4.24. The van der Waals surface area contributed by atoms with Gasteiger partial charge in [-0.05, 0) is 50.3 Å². The van der Waals surface area contributed by atoms with Gasteiger partial charge in [-0.3, -0.25) is 4.90 Å². The Labute approximate surface area is 156 Å². The van der Waals surface area contributed by atoms with Crippen molar-refractivity contribution >= 4 is 17.7 Å². The van der Waals surface area contributed by atoms with Crippen LogP contribution in [0.2, 0.25) is 0 Å². The number of aliphatic imine (C=N–C) groups is 1. The highest BCUT2D eigenvalue weighted by molar-refractivity contribution is 7.98. The number of rotatable bonds is 8. The molecule has 0 spiro atoms. The van der Waals surface area contributed by atoms with Gasteiger partial charge in [0, 0.05) is 31.1 Å². The van der Waals surface area contributed by atoms with Crippen molar-refractivity contribution in [1.82, 2.24) is 15.5 Å². The van der Waals surface area contributed by atoms with Gasteiger partial charge in [-0.2, -0.15) is 0 Å². The number of nitrogens with one attached hydrogen (secondary N) is 2. The van der Waals surface area contributed by atoms with E-state index in [1.807, 2.05) is 0 Å². The molecule has 2 rings (SSSR count). The number of benzene rings is 1. The number of nitrogens with zero attached hydrogens (tertiary/aromatic N) is 2. The Hall–Kier alpha value is -1.24. The van der Waals surface area contributed by atoms with Gasteiger partial charge in [-0.25, -0.2) is 4.99 Å². The molecule has 1 aromatic rings. The summed E-state index contributed by atoms with van der Waals surface area (Å²) in [7, 11) is 0. The summed E-state index contributed by atoms with van der Waals surface area (Å²) in [4.78, 5) is 8.53. The molecule has 0 radical (unpaired) electrons. The first-order valence-corrected chi connectivity index (χ1v) is 10.4. The van der Waals surface area contributed by atoms with Crippen LogP contribution in [0.3, 0.4) is 0 Å². The lowest BCUT2D eigenvalue weighted by molar-refractivity contribution is 0.0376. The van der Waals surface area contributed by atoms with Crippen molar-refractivity contribution in [3.63, 3.8) is 0 Å². The zero-order chi connectivity index (χ0) is 17.9. The van der Waals surface area contributed by atoms with E-state index in [1.54, 1.807) is 11.8 Å². The van der Waals surface area contributed by atoms with Crippen LogP contribution in [0.4, 0.5) is 0 Å². The summed E-state index contributed by atoms with van der Waals surface area (Å²) in [6.07, 6.45) is 3.24. The Morgan fingerprint density at radius 2 is 2.08 bits per heavy atom. The third kappa shape index (κ3) is 7.26. The number of ether oxygens (including phenoxy) is 1. The average molecular weight is 365 g/mol. The fourth-order valence-corrected chi connectivity index (χ4v) is 3.52. The minimum Gasteiger partial charge on any atom is -0.379 e. The smallest absolute Gasteiger partial charge is 0.191 e. The minimum absolute atomic E-state index is 0.704. The zero-order valence-electron chi connectivity index (χ0n) is 15.8. The number of guanidine groups is 1. The Kier molecular flexibility index (Phi) is 9.15. The van der Waals surface area contributed by atoms with Crippen molar-refractivity contribution in [3.8, 4) is 0 Å². The van der Waals surface area contributed by atoms with E-state index in [2.05, 4.69) is 53.8 Å². The minimum atomic E-state index is 0.704. The molecule has 140 valence electrons. The SMILES string of the molecule is CCNC(=NCc1ccc(C)cc1SC)NCCCN1CCOCC1. The molecule has 1 aromatic carbocycles. The number of thioether (sulfide) groups is 1. The Balaban J connectivity index is 1.81. The Morgan fingerprint density at radius 1 is 1.28 bits per heavy atom. The van der Waals surface area contributed by atoms with Crippen molar-refractivity contribution in [1.29, 1.82) is 0 Å². The van der Waals surface area contributed by atoms with Crippen LogP contribution in [0.5, 0.6) is 0 Å². The molecule has 1 heterocycles. The molecule has 0 unspecified atom stereocenters. The quantitative estimate of drug-likeness (QED) is 0.321. The number of hydrogen-bond acceptors (Lipinski definition) is 4. The molecule has 2 N–H and O–H groups in total. The molecule has 0 saturated carbocycles. The lowest BCUT2D eigenvalue weighted by Crippen LogP contribution is -2.40. The lowest BCUT2D eigenvalue weighted by atomic mass is 10.1. The van der Waals surface area contributed by atoms with Crippen LogP contribution in [0, 0.1) is 6.92 Å². The largest absolute Gasteiger partial charge is 0.379 e. The second-order valence-corrected chi connectivity index (χ2v) is 7.09. The molecule has 1 aliphatic heterocycles. The molecular weight excluding hydrogens is 332 g/mol. The highest BCUT2D eigenvalue weighted by atomic mass is 32.2. The van der Waals surface area contributed by atoms with Gasteiger partial charge in [0.1, 0.15) is 0 Å². The van der Waals surface area contributed by atoms with Gasteiger partial charge in [0.25, 0.3) is 0 Å². The van der Waals surface area contributed by atoms with Crippen LogP contribution in [0.15, 0.2) is 28.1 Å². The Bertz CT molecular complexity index is 544. The predicted octanol–water partition coefficient (Wildman–Crippen LogP) is 2.49. The van der Waals surface area contributed by atoms with Crippen molar-refractivity contribution < 1.29 is 4.74 Å². The predicted molar refractivity (Wildman–Crippen MR) is 108 cm³/mol. The zero-order valence-corrected chi connectivity index (χ0v) is 16.6. The number of morpholine rings is 1. The highest BCUT2D eigenvalue weighted by Crippen LogP contribution is 2.22. The van der Waals surface area contributed by atoms with Gasteiger partial charge in [0.2, 0.25) is 0 Å². The first-order chi connectivity index (χ1) is 12.2. The van der Waals surface area contributed by atoms with Gasteiger partial charge < -0.3 is 15.4 Å². The Morgan fingerprint density at radius 3 is 2.80 bits per heavy atom. The van der Waals surface area contributed by atoms with E-state index >= 15 is 0 Å². The van der Waals surface area contributed by atoms with Crippen molar-refractivity contribution in [3.05, 3.63) is 29.3 Å². The maximum Gasteiger partial charge on any atom is 0.191 e. The maximum atomic E-state index is 5.39. The lowest BCUT2D eigenvalue weighted by Gasteiger charge is -2.26. The van der Waals surface area contributed by atoms with E-state index in [9.17, 15) is 0 Å². The van der Waals surface area contributed by atoms with Crippen molar-refractivity contribution in [2.75, 3.05) is 52.2 Å². The maximum absolute atomic E-state index is 5.39. The van der Waals surface area contributed by atoms with E-state index < -0.39 is 0 Å². The fraction of sp³-hybridized carbons (Fsp3) is 0.632. The van der Waals surface area contributed by atoms with E-state index in [1.165, 1.54) is 16.0 Å². The summed E-state index contributed by atoms with van der Waals surface area (Å²) in [6.45, 7) is 11.7. The van der Waals surface area contributed by atoms with Gasteiger partial charge >= 0.3 is 0 Å². The number of hydrogen-bond donors (Lipinski definition) is 2. The molecule has 1 aliphatic rings. The highest BCUT2D eigenvalue weighted by Gasteiger charge is 2.09. The standard InChI is InChI=1S/C19H32N4OS/c1-4-20-19(21-8-5-9-23-10-12-24-13-11-23)22-15-17-7-6-16(2)14-18(17)25-3/h6-7,14H,4-5,8-13,15H2,1-3H3,(H2,20,21,22). The molecule has 25 heavy (non-hydrogen) atoms. The first kappa shape index (κ1) is 20.1. The topological polar surface area (TPSA) is 48.9 Å². The summed E-state index contributed by atoms with van der Waals surface area (Å²) in [5.41, 5.74) is 2.58. The summed E-state index contributed by atoms with van der Waals surface area (Å²) < 4.78 is 5.39. The van der Waals surface area contributed by atoms with Crippen LogP contribution >= 0.6 is 11.8 Å². The van der Waals surface area contributed by atoms with Crippen LogP contribution in [-0.2, 0) is 11.3 Å². The molecule has 6 heteroatoms. The molecule has 0 amide bonds. The van der Waals surface area contributed by atoms with Crippen molar-refractivity contribution in [2.24, 2.45) is 4.99 Å². The summed E-state index contributed by atoms with van der Waals surface area (Å²) in [5, 5.41) is 6.79. The molecule has 1 fully saturated rings. The van der Waals surface area contributed by atoms with E-state index in [4.69, 9.17) is 9.73 Å². The van der Waals surface area contributed by atoms with Crippen molar-refractivity contribution in [2.45, 2.75) is 31.7 Å².